The van der Waals surface area contributed by atoms with Crippen molar-refractivity contribution < 1.29 is 19.1 Å². The van der Waals surface area contributed by atoms with Gasteiger partial charge in [-0.3, -0.25) is 20.4 Å². The van der Waals surface area contributed by atoms with Gasteiger partial charge in [-0.15, -0.1) is 0 Å². The fourth-order valence-electron chi connectivity index (χ4n) is 2.49. The van der Waals surface area contributed by atoms with E-state index in [4.69, 9.17) is 32.7 Å². The van der Waals surface area contributed by atoms with Crippen molar-refractivity contribution >= 4 is 50.9 Å². The van der Waals surface area contributed by atoms with Gasteiger partial charge in [0.05, 0.1) is 11.6 Å². The first kappa shape index (κ1) is 24.3. The topological polar surface area (TPSA) is 76.7 Å². The van der Waals surface area contributed by atoms with E-state index in [0.29, 0.717) is 34.6 Å². The van der Waals surface area contributed by atoms with Gasteiger partial charge in [-0.1, -0.05) is 53.0 Å². The van der Waals surface area contributed by atoms with Crippen LogP contribution < -0.4 is 20.3 Å². The molecule has 0 atom stereocenters. The SMILES string of the molecule is CC(C)c1cc(Br)ccc1OCC(=O)NNC(=O)CCCOc1ccc(Cl)cc1Cl. The van der Waals surface area contributed by atoms with Gasteiger partial charge in [-0.05, 0) is 54.3 Å². The molecule has 30 heavy (non-hydrogen) atoms. The lowest BCUT2D eigenvalue weighted by Crippen LogP contribution is -2.43. The lowest BCUT2D eigenvalue weighted by Gasteiger charge is -2.14. The zero-order valence-corrected chi connectivity index (χ0v) is 19.7. The number of nitrogens with one attached hydrogen (secondary N) is 2. The Morgan fingerprint density at radius 2 is 1.70 bits per heavy atom. The van der Waals surface area contributed by atoms with Crippen LogP contribution in [0.25, 0.3) is 0 Å². The number of hydrazine groups is 1. The Morgan fingerprint density at radius 3 is 2.40 bits per heavy atom. The summed E-state index contributed by atoms with van der Waals surface area (Å²) in [5, 5.41) is 0.928. The Morgan fingerprint density at radius 1 is 1.00 bits per heavy atom. The molecular formula is C21H23BrCl2N2O4. The predicted molar refractivity (Wildman–Crippen MR) is 121 cm³/mol. The maximum atomic E-state index is 11.9. The van der Waals surface area contributed by atoms with Crippen LogP contribution in [0.15, 0.2) is 40.9 Å². The molecular weight excluding hydrogens is 495 g/mol. The van der Waals surface area contributed by atoms with Gasteiger partial charge in [0.1, 0.15) is 11.5 Å². The van der Waals surface area contributed by atoms with E-state index in [1.54, 1.807) is 24.3 Å². The molecule has 0 saturated heterocycles. The molecule has 6 nitrogen and oxygen atoms in total. The number of hydrogen-bond acceptors (Lipinski definition) is 4. The van der Waals surface area contributed by atoms with E-state index in [9.17, 15) is 9.59 Å². The average Bonchev–Trinajstić information content (AvgIpc) is 2.69. The van der Waals surface area contributed by atoms with E-state index in [0.717, 1.165) is 10.0 Å². The number of hydrogen-bond donors (Lipinski definition) is 2. The first-order chi connectivity index (χ1) is 14.3. The molecule has 0 bridgehead atoms. The monoisotopic (exact) mass is 516 g/mol. The summed E-state index contributed by atoms with van der Waals surface area (Å²) >= 11 is 15.3. The minimum atomic E-state index is -0.454. The van der Waals surface area contributed by atoms with Crippen molar-refractivity contribution in [3.8, 4) is 11.5 Å². The molecule has 0 aromatic heterocycles. The molecule has 0 saturated carbocycles. The van der Waals surface area contributed by atoms with Crippen LogP contribution in [0.3, 0.4) is 0 Å². The van der Waals surface area contributed by atoms with Crippen molar-refractivity contribution in [2.45, 2.75) is 32.6 Å². The number of amides is 2. The van der Waals surface area contributed by atoms with Crippen molar-refractivity contribution in [2.75, 3.05) is 13.2 Å². The molecule has 2 aromatic carbocycles. The van der Waals surface area contributed by atoms with Crippen molar-refractivity contribution in [1.82, 2.24) is 10.9 Å². The Hall–Kier alpha value is -1.96. The molecule has 2 N–H and O–H groups in total. The zero-order valence-electron chi connectivity index (χ0n) is 16.6. The minimum absolute atomic E-state index is 0.177. The summed E-state index contributed by atoms with van der Waals surface area (Å²) in [6.45, 7) is 4.17. The Kier molecular flexibility index (Phi) is 9.75. The van der Waals surface area contributed by atoms with E-state index in [-0.39, 0.29) is 24.9 Å². The second-order valence-corrected chi connectivity index (χ2v) is 8.51. The molecule has 2 aromatic rings. The molecule has 2 amide bonds. The van der Waals surface area contributed by atoms with Gasteiger partial charge < -0.3 is 9.47 Å². The maximum Gasteiger partial charge on any atom is 0.276 e. The van der Waals surface area contributed by atoms with Gasteiger partial charge in [-0.2, -0.15) is 0 Å². The number of rotatable bonds is 9. The molecule has 0 aliphatic heterocycles. The lowest BCUT2D eigenvalue weighted by atomic mass is 10.0. The second kappa shape index (κ2) is 12.0. The van der Waals surface area contributed by atoms with Gasteiger partial charge in [0, 0.05) is 15.9 Å². The fourth-order valence-corrected chi connectivity index (χ4v) is 3.33. The highest BCUT2D eigenvalue weighted by Crippen LogP contribution is 2.29. The molecule has 0 aliphatic rings. The van der Waals surface area contributed by atoms with Crippen molar-refractivity contribution in [1.29, 1.82) is 0 Å². The first-order valence-corrected chi connectivity index (χ1v) is 10.9. The summed E-state index contributed by atoms with van der Waals surface area (Å²) in [5.74, 6) is 0.587. The molecule has 2 rings (SSSR count). The number of ether oxygens (including phenoxy) is 2. The van der Waals surface area contributed by atoms with Crippen molar-refractivity contribution in [2.24, 2.45) is 0 Å². The highest BCUT2D eigenvalue weighted by Gasteiger charge is 2.11. The lowest BCUT2D eigenvalue weighted by molar-refractivity contribution is -0.130. The van der Waals surface area contributed by atoms with E-state index in [1.165, 1.54) is 0 Å². The third-order valence-electron chi connectivity index (χ3n) is 3.99. The first-order valence-electron chi connectivity index (χ1n) is 9.34. The van der Waals surface area contributed by atoms with Crippen LogP contribution in [0.2, 0.25) is 10.0 Å². The largest absolute Gasteiger partial charge is 0.492 e. The number of benzene rings is 2. The van der Waals surface area contributed by atoms with Crippen LogP contribution in [-0.4, -0.2) is 25.0 Å². The maximum absolute atomic E-state index is 11.9. The van der Waals surface area contributed by atoms with Gasteiger partial charge in [-0.25, -0.2) is 0 Å². The fraction of sp³-hybridized carbons (Fsp3) is 0.333. The molecule has 162 valence electrons. The van der Waals surface area contributed by atoms with Gasteiger partial charge in [0.25, 0.3) is 5.91 Å². The molecule has 9 heteroatoms. The van der Waals surface area contributed by atoms with E-state index < -0.39 is 5.91 Å². The number of halogens is 3. The molecule has 0 heterocycles. The average molecular weight is 518 g/mol. The van der Waals surface area contributed by atoms with Crippen LogP contribution in [0.1, 0.15) is 38.2 Å². The number of carbonyl (C=O) groups is 2. The standard InChI is InChI=1S/C21H23BrCl2N2O4/c1-13(2)16-10-14(22)5-7-18(16)30-12-21(28)26-25-20(27)4-3-9-29-19-8-6-15(23)11-17(19)24/h5-8,10-11,13H,3-4,9,12H2,1-2H3,(H,25,27)(H,26,28). The van der Waals surface area contributed by atoms with Crippen molar-refractivity contribution in [3.63, 3.8) is 0 Å². The van der Waals surface area contributed by atoms with Crippen LogP contribution in [-0.2, 0) is 9.59 Å². The van der Waals surface area contributed by atoms with E-state index >= 15 is 0 Å². The second-order valence-electron chi connectivity index (χ2n) is 6.75. The third kappa shape index (κ3) is 8.05. The summed E-state index contributed by atoms with van der Waals surface area (Å²) in [6, 6.07) is 10.5. The zero-order chi connectivity index (χ0) is 22.1. The van der Waals surface area contributed by atoms with Crippen LogP contribution >= 0.6 is 39.1 Å². The quantitative estimate of drug-likeness (QED) is 0.351. The predicted octanol–water partition coefficient (Wildman–Crippen LogP) is 5.26. The van der Waals surface area contributed by atoms with E-state index in [2.05, 4.69) is 26.8 Å². The summed E-state index contributed by atoms with van der Waals surface area (Å²) in [7, 11) is 0. The van der Waals surface area contributed by atoms with Crippen LogP contribution in [0.5, 0.6) is 11.5 Å². The number of carbonyl (C=O) groups excluding carboxylic acids is 2. The Bertz CT molecular complexity index is 893. The van der Waals surface area contributed by atoms with Gasteiger partial charge >= 0.3 is 0 Å². The molecule has 0 spiro atoms. The van der Waals surface area contributed by atoms with Crippen molar-refractivity contribution in [3.05, 3.63) is 56.5 Å². The normalized spacial score (nSPS) is 10.6. The van der Waals surface area contributed by atoms with Gasteiger partial charge in [0.15, 0.2) is 6.61 Å². The highest BCUT2D eigenvalue weighted by molar-refractivity contribution is 9.10. The minimum Gasteiger partial charge on any atom is -0.492 e. The van der Waals surface area contributed by atoms with Crippen LogP contribution in [0, 0.1) is 0 Å². The summed E-state index contributed by atoms with van der Waals surface area (Å²) in [6.07, 6.45) is 0.629. The molecule has 0 aliphatic carbocycles. The van der Waals surface area contributed by atoms with E-state index in [1.807, 2.05) is 26.0 Å². The van der Waals surface area contributed by atoms with Gasteiger partial charge in [0.2, 0.25) is 5.91 Å². The third-order valence-corrected chi connectivity index (χ3v) is 5.02. The summed E-state index contributed by atoms with van der Waals surface area (Å²) in [5.41, 5.74) is 5.68. The summed E-state index contributed by atoms with van der Waals surface area (Å²) < 4.78 is 12.0. The Labute approximate surface area is 194 Å². The van der Waals surface area contributed by atoms with Crippen LogP contribution in [0.4, 0.5) is 0 Å². The smallest absolute Gasteiger partial charge is 0.276 e. The molecule has 0 fully saturated rings. The Balaban J connectivity index is 1.66. The molecule has 0 unspecified atom stereocenters. The highest BCUT2D eigenvalue weighted by atomic mass is 79.9. The molecule has 0 radical (unpaired) electrons. The summed E-state index contributed by atoms with van der Waals surface area (Å²) in [4.78, 5) is 23.8.